The number of nitrogens with zero attached hydrogens (tertiary/aromatic N) is 1. The molecule has 1 amide bonds. The Labute approximate surface area is 85.4 Å². The van der Waals surface area contributed by atoms with Crippen LogP contribution in [0.4, 0.5) is 0 Å². The Balaban J connectivity index is 1.97. The van der Waals surface area contributed by atoms with Gasteiger partial charge in [-0.2, -0.15) is 0 Å². The predicted octanol–water partition coefficient (Wildman–Crippen LogP) is 1.28. The largest absolute Gasteiger partial charge is 0.380 e. The van der Waals surface area contributed by atoms with Crippen molar-refractivity contribution in [2.45, 2.75) is 26.7 Å². The normalized spacial score (nSPS) is 25.2. The van der Waals surface area contributed by atoms with E-state index in [1.807, 2.05) is 18.7 Å². The highest BCUT2D eigenvalue weighted by Gasteiger charge is 2.43. The minimum atomic E-state index is 0.131. The highest BCUT2D eigenvalue weighted by molar-refractivity contribution is 5.78. The third-order valence-electron chi connectivity index (χ3n) is 3.28. The number of amides is 1. The lowest BCUT2D eigenvalue weighted by atomic mass is 9.78. The zero-order valence-corrected chi connectivity index (χ0v) is 9.08. The molecular formula is C11H19NO2. The van der Waals surface area contributed by atoms with Crippen LogP contribution in [0.5, 0.6) is 0 Å². The van der Waals surface area contributed by atoms with Crippen molar-refractivity contribution in [1.29, 1.82) is 0 Å². The van der Waals surface area contributed by atoms with E-state index in [1.165, 1.54) is 6.42 Å². The molecule has 0 atom stereocenters. The van der Waals surface area contributed by atoms with Crippen LogP contribution >= 0.6 is 0 Å². The molecule has 3 heteroatoms. The number of likely N-dealkylation sites (tertiary alicyclic amines) is 1. The van der Waals surface area contributed by atoms with Gasteiger partial charge in [-0.1, -0.05) is 13.8 Å². The van der Waals surface area contributed by atoms with Gasteiger partial charge in [0, 0.05) is 24.4 Å². The van der Waals surface area contributed by atoms with Gasteiger partial charge in [-0.3, -0.25) is 4.79 Å². The minimum Gasteiger partial charge on any atom is -0.380 e. The van der Waals surface area contributed by atoms with Gasteiger partial charge in [-0.25, -0.2) is 0 Å². The zero-order valence-electron chi connectivity index (χ0n) is 9.08. The predicted molar refractivity (Wildman–Crippen MR) is 53.9 cm³/mol. The van der Waals surface area contributed by atoms with Crippen molar-refractivity contribution in [3.05, 3.63) is 0 Å². The first-order chi connectivity index (χ1) is 6.63. The van der Waals surface area contributed by atoms with Crippen molar-refractivity contribution in [3.8, 4) is 0 Å². The lowest BCUT2D eigenvalue weighted by molar-refractivity contribution is -0.161. The Kier molecular flexibility index (Phi) is 2.52. The molecule has 2 aliphatic heterocycles. The van der Waals surface area contributed by atoms with Crippen LogP contribution in [0.1, 0.15) is 26.7 Å². The maximum atomic E-state index is 11.8. The number of rotatable bonds is 1. The van der Waals surface area contributed by atoms with Crippen LogP contribution in [0.3, 0.4) is 0 Å². The molecule has 1 spiro atoms. The van der Waals surface area contributed by atoms with Gasteiger partial charge in [0.2, 0.25) is 5.91 Å². The van der Waals surface area contributed by atoms with Gasteiger partial charge in [-0.15, -0.1) is 0 Å². The molecule has 2 fully saturated rings. The average molecular weight is 197 g/mol. The third-order valence-corrected chi connectivity index (χ3v) is 3.28. The smallest absolute Gasteiger partial charge is 0.225 e. The fourth-order valence-corrected chi connectivity index (χ4v) is 2.39. The van der Waals surface area contributed by atoms with Crippen molar-refractivity contribution in [2.75, 3.05) is 26.3 Å². The average Bonchev–Trinajstić information content (AvgIpc) is 2.14. The summed E-state index contributed by atoms with van der Waals surface area (Å²) >= 11 is 0. The van der Waals surface area contributed by atoms with Crippen LogP contribution in [0.15, 0.2) is 0 Å². The molecule has 2 rings (SSSR count). The van der Waals surface area contributed by atoms with Crippen LogP contribution in [0.2, 0.25) is 0 Å². The van der Waals surface area contributed by atoms with Crippen molar-refractivity contribution >= 4 is 5.91 Å². The maximum Gasteiger partial charge on any atom is 0.225 e. The quantitative estimate of drug-likeness (QED) is 0.633. The summed E-state index contributed by atoms with van der Waals surface area (Å²) in [6.45, 7) is 7.52. The molecule has 2 heterocycles. The van der Waals surface area contributed by atoms with Gasteiger partial charge < -0.3 is 9.64 Å². The fraction of sp³-hybridized carbons (Fsp3) is 0.909. The second-order valence-corrected chi connectivity index (χ2v) is 5.01. The second-order valence-electron chi connectivity index (χ2n) is 5.01. The summed E-state index contributed by atoms with van der Waals surface area (Å²) in [5.74, 6) is 0.433. The van der Waals surface area contributed by atoms with E-state index in [2.05, 4.69) is 0 Å². The van der Waals surface area contributed by atoms with E-state index >= 15 is 0 Å². The molecule has 0 bridgehead atoms. The number of carbonyl (C=O) groups is 1. The lowest BCUT2D eigenvalue weighted by Crippen LogP contribution is -2.56. The third kappa shape index (κ3) is 1.65. The fourth-order valence-electron chi connectivity index (χ4n) is 2.39. The van der Waals surface area contributed by atoms with Crippen LogP contribution < -0.4 is 0 Å². The van der Waals surface area contributed by atoms with E-state index in [-0.39, 0.29) is 5.92 Å². The van der Waals surface area contributed by atoms with Crippen LogP contribution in [-0.2, 0) is 9.53 Å². The van der Waals surface area contributed by atoms with E-state index in [1.54, 1.807) is 0 Å². The summed E-state index contributed by atoms with van der Waals surface area (Å²) in [5, 5.41) is 0. The topological polar surface area (TPSA) is 29.5 Å². The standard InChI is InChI=1S/C11H19NO2/c1-9(2)10(13)12-5-3-4-11(6-12)7-14-8-11/h9H,3-8H2,1-2H3. The van der Waals surface area contributed by atoms with Gasteiger partial charge in [0.25, 0.3) is 0 Å². The molecule has 80 valence electrons. The van der Waals surface area contributed by atoms with Crippen LogP contribution in [-0.4, -0.2) is 37.1 Å². The van der Waals surface area contributed by atoms with Crippen molar-refractivity contribution in [1.82, 2.24) is 4.90 Å². The van der Waals surface area contributed by atoms with Gasteiger partial charge in [0.1, 0.15) is 0 Å². The first kappa shape index (κ1) is 9.97. The van der Waals surface area contributed by atoms with E-state index in [0.29, 0.717) is 11.3 Å². The van der Waals surface area contributed by atoms with Crippen molar-refractivity contribution < 1.29 is 9.53 Å². The van der Waals surface area contributed by atoms with E-state index in [9.17, 15) is 4.79 Å². The molecule has 0 unspecified atom stereocenters. The summed E-state index contributed by atoms with van der Waals surface area (Å²) in [6.07, 6.45) is 2.37. The number of carbonyl (C=O) groups excluding carboxylic acids is 1. The molecule has 14 heavy (non-hydrogen) atoms. The Hall–Kier alpha value is -0.570. The first-order valence-corrected chi connectivity index (χ1v) is 5.50. The lowest BCUT2D eigenvalue weighted by Gasteiger charge is -2.48. The molecule has 0 radical (unpaired) electrons. The van der Waals surface area contributed by atoms with Gasteiger partial charge >= 0.3 is 0 Å². The molecule has 0 N–H and O–H groups in total. The highest BCUT2D eigenvalue weighted by Crippen LogP contribution is 2.37. The molecule has 0 aromatic rings. The first-order valence-electron chi connectivity index (χ1n) is 5.50. The number of ether oxygens (including phenoxy) is 1. The monoisotopic (exact) mass is 197 g/mol. The summed E-state index contributed by atoms with van der Waals surface area (Å²) in [6, 6.07) is 0. The molecule has 0 aliphatic carbocycles. The summed E-state index contributed by atoms with van der Waals surface area (Å²) < 4.78 is 5.27. The van der Waals surface area contributed by atoms with Gasteiger partial charge in [0.05, 0.1) is 13.2 Å². The Morgan fingerprint density at radius 2 is 2.14 bits per heavy atom. The second kappa shape index (κ2) is 3.54. The zero-order chi connectivity index (χ0) is 10.2. The highest BCUT2D eigenvalue weighted by atomic mass is 16.5. The Bertz CT molecular complexity index is 233. The van der Waals surface area contributed by atoms with E-state index < -0.39 is 0 Å². The van der Waals surface area contributed by atoms with E-state index in [4.69, 9.17) is 4.74 Å². The summed E-state index contributed by atoms with van der Waals surface area (Å²) in [4.78, 5) is 13.8. The molecule has 0 saturated carbocycles. The number of hydrogen-bond donors (Lipinski definition) is 0. The van der Waals surface area contributed by atoms with Gasteiger partial charge in [0.15, 0.2) is 0 Å². The molecule has 0 aromatic carbocycles. The molecule has 0 aromatic heterocycles. The molecular weight excluding hydrogens is 178 g/mol. The summed E-state index contributed by atoms with van der Waals surface area (Å²) in [7, 11) is 0. The minimum absolute atomic E-state index is 0.131. The van der Waals surface area contributed by atoms with Crippen molar-refractivity contribution in [3.63, 3.8) is 0 Å². The Morgan fingerprint density at radius 3 is 2.64 bits per heavy atom. The molecule has 3 nitrogen and oxygen atoms in total. The van der Waals surface area contributed by atoms with Crippen LogP contribution in [0.25, 0.3) is 0 Å². The Morgan fingerprint density at radius 1 is 1.43 bits per heavy atom. The maximum absolute atomic E-state index is 11.8. The molecule has 2 aliphatic rings. The number of hydrogen-bond acceptors (Lipinski definition) is 2. The SMILES string of the molecule is CC(C)C(=O)N1CCCC2(COC2)C1. The van der Waals surface area contributed by atoms with Crippen LogP contribution in [0, 0.1) is 11.3 Å². The van der Waals surface area contributed by atoms with E-state index in [0.717, 1.165) is 32.7 Å². The summed E-state index contributed by atoms with van der Waals surface area (Å²) in [5.41, 5.74) is 0.322. The molecule has 2 saturated heterocycles. The van der Waals surface area contributed by atoms with Crippen molar-refractivity contribution in [2.24, 2.45) is 11.3 Å². The van der Waals surface area contributed by atoms with Gasteiger partial charge in [-0.05, 0) is 12.8 Å². The number of piperidine rings is 1.